The van der Waals surface area contributed by atoms with Gasteiger partial charge in [0.1, 0.15) is 0 Å². The van der Waals surface area contributed by atoms with Gasteiger partial charge in [-0.3, -0.25) is 4.99 Å². The van der Waals surface area contributed by atoms with Crippen LogP contribution in [0.5, 0.6) is 0 Å². The van der Waals surface area contributed by atoms with Crippen LogP contribution >= 0.6 is 11.3 Å². The van der Waals surface area contributed by atoms with Gasteiger partial charge in [-0.25, -0.2) is 0 Å². The average Bonchev–Trinajstić information content (AvgIpc) is 3.32. The van der Waals surface area contributed by atoms with Crippen molar-refractivity contribution in [3.63, 3.8) is 0 Å². The molecule has 0 aliphatic carbocycles. The lowest BCUT2D eigenvalue weighted by Gasteiger charge is -2.09. The van der Waals surface area contributed by atoms with Gasteiger partial charge in [0, 0.05) is 32.2 Å². The highest BCUT2D eigenvalue weighted by Gasteiger charge is 2.15. The van der Waals surface area contributed by atoms with Gasteiger partial charge in [0.05, 0.1) is 11.4 Å². The molecule has 0 fully saturated rings. The molecule has 1 aliphatic rings. The van der Waals surface area contributed by atoms with Crippen LogP contribution in [0.15, 0.2) is 157 Å². The minimum absolute atomic E-state index is 0.760. The molecule has 0 bridgehead atoms. The molecule has 1 aromatic heterocycles. The van der Waals surface area contributed by atoms with Gasteiger partial charge >= 0.3 is 0 Å². The molecule has 7 aromatic carbocycles. The van der Waals surface area contributed by atoms with Crippen LogP contribution in [-0.4, -0.2) is 5.71 Å². The fraction of sp³-hybridized carbons (Fsp3) is 0.0238. The van der Waals surface area contributed by atoms with Crippen LogP contribution < -0.4 is 0 Å². The Morgan fingerprint density at radius 1 is 0.477 bits per heavy atom. The van der Waals surface area contributed by atoms with Crippen molar-refractivity contribution in [2.24, 2.45) is 4.99 Å². The average molecular weight is 578 g/mol. The van der Waals surface area contributed by atoms with Gasteiger partial charge in [0.25, 0.3) is 0 Å². The molecule has 0 atom stereocenters. The van der Waals surface area contributed by atoms with Crippen LogP contribution in [0.3, 0.4) is 0 Å². The summed E-state index contributed by atoms with van der Waals surface area (Å²) in [6.07, 6.45) is 5.38. The molecule has 0 saturated heterocycles. The molecular formula is C42H27NS. The Hall–Kier alpha value is -5.31. The monoisotopic (exact) mass is 577 g/mol. The Balaban J connectivity index is 1.16. The lowest BCUT2D eigenvalue weighted by atomic mass is 9.97. The fourth-order valence-electron chi connectivity index (χ4n) is 6.65. The number of nitrogens with zero attached hydrogens (tertiary/aromatic N) is 1. The van der Waals surface area contributed by atoms with E-state index in [2.05, 4.69) is 152 Å². The highest BCUT2D eigenvalue weighted by Crippen LogP contribution is 2.40. The lowest BCUT2D eigenvalue weighted by molar-refractivity contribution is 1.41. The second-order valence-electron chi connectivity index (χ2n) is 11.5. The van der Waals surface area contributed by atoms with Crippen LogP contribution in [0.25, 0.3) is 63.8 Å². The third-order valence-electron chi connectivity index (χ3n) is 8.91. The van der Waals surface area contributed by atoms with Crippen LogP contribution in [0.2, 0.25) is 0 Å². The molecule has 2 heteroatoms. The first-order valence-electron chi connectivity index (χ1n) is 15.1. The maximum absolute atomic E-state index is 5.32. The van der Waals surface area contributed by atoms with Crippen molar-refractivity contribution in [2.75, 3.05) is 0 Å². The Labute approximate surface area is 259 Å². The predicted octanol–water partition coefficient (Wildman–Crippen LogP) is 11.8. The van der Waals surface area contributed by atoms with Crippen molar-refractivity contribution in [1.29, 1.82) is 0 Å². The molecule has 0 spiro atoms. The Kier molecular flexibility index (Phi) is 5.82. The van der Waals surface area contributed by atoms with Gasteiger partial charge in [-0.2, -0.15) is 0 Å². The first-order valence-corrected chi connectivity index (χ1v) is 15.9. The number of benzene rings is 7. The van der Waals surface area contributed by atoms with E-state index in [0.29, 0.717) is 0 Å². The molecule has 206 valence electrons. The van der Waals surface area contributed by atoms with Crippen molar-refractivity contribution in [3.8, 4) is 0 Å². The van der Waals surface area contributed by atoms with Gasteiger partial charge < -0.3 is 0 Å². The zero-order chi connectivity index (χ0) is 29.0. The summed E-state index contributed by atoms with van der Waals surface area (Å²) < 4.78 is 2.68. The molecule has 44 heavy (non-hydrogen) atoms. The van der Waals surface area contributed by atoms with Crippen LogP contribution in [0, 0.1) is 0 Å². The van der Waals surface area contributed by atoms with Gasteiger partial charge in [-0.15, -0.1) is 11.3 Å². The Morgan fingerprint density at radius 3 is 2.02 bits per heavy atom. The minimum atomic E-state index is 0.760. The van der Waals surface area contributed by atoms with E-state index in [0.717, 1.165) is 23.4 Å². The summed E-state index contributed by atoms with van der Waals surface area (Å²) in [6, 6.07) is 50.6. The van der Waals surface area contributed by atoms with E-state index in [9.17, 15) is 0 Å². The van der Waals surface area contributed by atoms with E-state index in [1.807, 2.05) is 11.3 Å². The maximum atomic E-state index is 5.32. The second-order valence-corrected chi connectivity index (χ2v) is 12.6. The van der Waals surface area contributed by atoms with Crippen molar-refractivity contribution in [3.05, 3.63) is 168 Å². The normalized spacial score (nSPS) is 13.8. The number of hydrogen-bond acceptors (Lipinski definition) is 2. The van der Waals surface area contributed by atoms with Crippen molar-refractivity contribution < 1.29 is 0 Å². The highest BCUT2D eigenvalue weighted by molar-refractivity contribution is 7.26. The van der Waals surface area contributed by atoms with E-state index in [1.54, 1.807) is 0 Å². The van der Waals surface area contributed by atoms with E-state index in [4.69, 9.17) is 4.99 Å². The predicted molar refractivity (Wildman–Crippen MR) is 192 cm³/mol. The zero-order valence-corrected chi connectivity index (χ0v) is 24.8. The van der Waals surface area contributed by atoms with Crippen molar-refractivity contribution in [1.82, 2.24) is 0 Å². The molecule has 0 saturated carbocycles. The van der Waals surface area contributed by atoms with Crippen LogP contribution in [0.4, 0.5) is 0 Å². The molecule has 0 radical (unpaired) electrons. The van der Waals surface area contributed by atoms with E-state index in [1.165, 1.54) is 69.2 Å². The second kappa shape index (κ2) is 10.2. The zero-order valence-electron chi connectivity index (χ0n) is 24.0. The van der Waals surface area contributed by atoms with Gasteiger partial charge in [-0.1, -0.05) is 133 Å². The molecular weight excluding hydrogens is 551 g/mol. The molecule has 1 nitrogen and oxygen atoms in total. The van der Waals surface area contributed by atoms with E-state index >= 15 is 0 Å². The number of thiophene rings is 1. The van der Waals surface area contributed by atoms with E-state index in [-0.39, 0.29) is 0 Å². The molecule has 0 amide bonds. The van der Waals surface area contributed by atoms with Gasteiger partial charge in [0.15, 0.2) is 0 Å². The molecule has 0 unspecified atom stereocenters. The van der Waals surface area contributed by atoms with Gasteiger partial charge in [-0.05, 0) is 67.2 Å². The molecule has 1 aliphatic heterocycles. The SMILES string of the molecule is C1=C(c2ccc3c(c2)sc2c4ccccc4ccc32)C=C(c2ccccc2)N=C(c2ccc3c(ccc4ccccc43)c2)C1. The largest absolute Gasteiger partial charge is 0.252 e. The summed E-state index contributed by atoms with van der Waals surface area (Å²) >= 11 is 1.89. The first-order chi connectivity index (χ1) is 21.8. The Bertz CT molecular complexity index is 2510. The summed E-state index contributed by atoms with van der Waals surface area (Å²) in [5.41, 5.74) is 6.80. The number of allylic oxidation sites excluding steroid dienone is 3. The molecule has 0 N–H and O–H groups in total. The number of aliphatic imine (C=N–C) groups is 1. The number of hydrogen-bond donors (Lipinski definition) is 0. The molecule has 2 heterocycles. The summed E-state index contributed by atoms with van der Waals surface area (Å²) in [5, 5.41) is 10.4. The number of rotatable bonds is 3. The standard InChI is InChI=1S/C42H27NS/c1-2-10-29(11-3-1)40-25-30(31-17-21-37-38-22-16-28-9-5-7-13-36(28)42(38)44-41(37)26-31)19-23-39(43-40)33-18-20-35-32(24-33)15-14-27-8-4-6-12-34(27)35/h1-22,24-26H,23H2. The summed E-state index contributed by atoms with van der Waals surface area (Å²) in [5.74, 6) is 0. The summed E-state index contributed by atoms with van der Waals surface area (Å²) in [6.45, 7) is 0. The van der Waals surface area contributed by atoms with Crippen molar-refractivity contribution >= 4 is 80.8 Å². The third kappa shape index (κ3) is 4.18. The molecule has 9 rings (SSSR count). The maximum Gasteiger partial charge on any atom is 0.0711 e. The fourth-order valence-corrected chi connectivity index (χ4v) is 7.93. The minimum Gasteiger partial charge on any atom is -0.252 e. The smallest absolute Gasteiger partial charge is 0.0711 e. The highest BCUT2D eigenvalue weighted by atomic mass is 32.1. The summed E-state index contributed by atoms with van der Waals surface area (Å²) in [7, 11) is 0. The molecule has 8 aromatic rings. The Morgan fingerprint density at radius 2 is 1.14 bits per heavy atom. The summed E-state index contributed by atoms with van der Waals surface area (Å²) in [4.78, 5) is 5.32. The topological polar surface area (TPSA) is 12.4 Å². The van der Waals surface area contributed by atoms with Gasteiger partial charge in [0.2, 0.25) is 0 Å². The van der Waals surface area contributed by atoms with E-state index < -0.39 is 0 Å². The third-order valence-corrected chi connectivity index (χ3v) is 10.1. The number of fused-ring (bicyclic) bond motifs is 8. The van der Waals surface area contributed by atoms with Crippen LogP contribution in [-0.2, 0) is 0 Å². The lowest BCUT2D eigenvalue weighted by Crippen LogP contribution is -2.00. The van der Waals surface area contributed by atoms with Crippen LogP contribution in [0.1, 0.15) is 23.1 Å². The first kappa shape index (κ1) is 25.2. The van der Waals surface area contributed by atoms with Crippen molar-refractivity contribution in [2.45, 2.75) is 6.42 Å². The quantitative estimate of drug-likeness (QED) is 0.185.